The fourth-order valence-electron chi connectivity index (χ4n) is 2.00. The Morgan fingerprint density at radius 3 is 2.68 bits per heavy atom. The minimum Gasteiger partial charge on any atom is -0.383 e. The van der Waals surface area contributed by atoms with Crippen molar-refractivity contribution in [2.45, 2.75) is 43.5 Å². The molecule has 0 aliphatic heterocycles. The Labute approximate surface area is 118 Å². The molecule has 0 amide bonds. The van der Waals surface area contributed by atoms with Gasteiger partial charge < -0.3 is 5.73 Å². The van der Waals surface area contributed by atoms with Gasteiger partial charge in [-0.2, -0.15) is 0 Å². The fourth-order valence-corrected chi connectivity index (χ4v) is 2.99. The molecule has 1 aromatic carbocycles. The lowest BCUT2D eigenvalue weighted by Gasteiger charge is -2.11. The molecule has 0 saturated carbocycles. The Kier molecular flexibility index (Phi) is 4.43. The van der Waals surface area contributed by atoms with Gasteiger partial charge in [-0.15, -0.1) is 0 Å². The zero-order chi connectivity index (χ0) is 13.8. The van der Waals surface area contributed by atoms with E-state index in [0.717, 1.165) is 23.4 Å². The maximum atomic E-state index is 5.96. The predicted molar refractivity (Wildman–Crippen MR) is 80.5 cm³/mol. The lowest BCUT2D eigenvalue weighted by atomic mass is 10.2. The van der Waals surface area contributed by atoms with E-state index in [4.69, 9.17) is 5.73 Å². The van der Waals surface area contributed by atoms with Crippen molar-refractivity contribution in [2.75, 3.05) is 5.73 Å². The van der Waals surface area contributed by atoms with Gasteiger partial charge >= 0.3 is 0 Å². The molecule has 4 heteroatoms. The number of rotatable bonds is 4. The summed E-state index contributed by atoms with van der Waals surface area (Å²) in [4.78, 5) is 9.70. The van der Waals surface area contributed by atoms with Gasteiger partial charge in [0.1, 0.15) is 17.2 Å². The van der Waals surface area contributed by atoms with Gasteiger partial charge in [0, 0.05) is 10.5 Å². The van der Waals surface area contributed by atoms with Crippen molar-refractivity contribution in [3.63, 3.8) is 0 Å². The van der Waals surface area contributed by atoms with E-state index in [0.29, 0.717) is 5.82 Å². The van der Waals surface area contributed by atoms with Crippen LogP contribution in [0.4, 0.5) is 5.82 Å². The van der Waals surface area contributed by atoms with Crippen LogP contribution in [-0.4, -0.2) is 9.97 Å². The molecule has 2 N–H and O–H groups in total. The molecule has 0 aliphatic carbocycles. The maximum absolute atomic E-state index is 5.96. The Hall–Kier alpha value is -1.55. The second-order valence-corrected chi connectivity index (χ2v) is 5.69. The SMILES string of the molecule is CCCc1c(N)ncnc1Sc1ccc(C)cc1C. The van der Waals surface area contributed by atoms with Gasteiger partial charge in [0.15, 0.2) is 0 Å². The first-order chi connectivity index (χ1) is 9.11. The standard InChI is InChI=1S/C15H19N3S/c1-4-5-12-14(16)17-9-18-15(12)19-13-7-6-10(2)8-11(13)3/h6-9H,4-5H2,1-3H3,(H2,16,17,18). The minimum absolute atomic E-state index is 0.601. The van der Waals surface area contributed by atoms with E-state index in [2.05, 4.69) is 48.9 Å². The summed E-state index contributed by atoms with van der Waals surface area (Å²) in [5.41, 5.74) is 9.57. The quantitative estimate of drug-likeness (QED) is 0.861. The van der Waals surface area contributed by atoms with E-state index in [1.165, 1.54) is 16.0 Å². The number of benzene rings is 1. The maximum Gasteiger partial charge on any atom is 0.131 e. The molecule has 0 bridgehead atoms. The number of nitrogen functional groups attached to an aromatic ring is 1. The third kappa shape index (κ3) is 3.26. The first-order valence-electron chi connectivity index (χ1n) is 6.46. The van der Waals surface area contributed by atoms with Crippen molar-refractivity contribution < 1.29 is 0 Å². The molecule has 2 aromatic rings. The Bertz CT molecular complexity index is 582. The summed E-state index contributed by atoms with van der Waals surface area (Å²) >= 11 is 1.67. The van der Waals surface area contributed by atoms with Crippen molar-refractivity contribution in [3.8, 4) is 0 Å². The summed E-state index contributed by atoms with van der Waals surface area (Å²) in [5.74, 6) is 0.601. The van der Waals surface area contributed by atoms with Crippen LogP contribution in [0.5, 0.6) is 0 Å². The van der Waals surface area contributed by atoms with Crippen LogP contribution in [0.25, 0.3) is 0 Å². The van der Waals surface area contributed by atoms with Gasteiger partial charge in [-0.3, -0.25) is 0 Å². The van der Waals surface area contributed by atoms with Crippen LogP contribution >= 0.6 is 11.8 Å². The zero-order valence-electron chi connectivity index (χ0n) is 11.6. The number of nitrogens with zero attached hydrogens (tertiary/aromatic N) is 2. The van der Waals surface area contributed by atoms with E-state index in [1.807, 2.05) is 0 Å². The molecule has 0 aliphatic rings. The van der Waals surface area contributed by atoms with Gasteiger partial charge in [0.25, 0.3) is 0 Å². The van der Waals surface area contributed by atoms with Gasteiger partial charge in [0.05, 0.1) is 0 Å². The van der Waals surface area contributed by atoms with E-state index >= 15 is 0 Å². The van der Waals surface area contributed by atoms with E-state index in [-0.39, 0.29) is 0 Å². The number of hydrogen-bond acceptors (Lipinski definition) is 4. The highest BCUT2D eigenvalue weighted by Gasteiger charge is 2.11. The molecule has 3 nitrogen and oxygen atoms in total. The average molecular weight is 273 g/mol. The molecule has 100 valence electrons. The Morgan fingerprint density at radius 1 is 1.21 bits per heavy atom. The lowest BCUT2D eigenvalue weighted by Crippen LogP contribution is -2.01. The van der Waals surface area contributed by atoms with Crippen molar-refractivity contribution in [2.24, 2.45) is 0 Å². The van der Waals surface area contributed by atoms with Crippen LogP contribution in [0.1, 0.15) is 30.0 Å². The van der Waals surface area contributed by atoms with Crippen molar-refractivity contribution in [3.05, 3.63) is 41.2 Å². The molecule has 0 radical (unpaired) electrons. The van der Waals surface area contributed by atoms with Crippen LogP contribution in [0.15, 0.2) is 34.4 Å². The number of nitrogens with two attached hydrogens (primary N) is 1. The molecule has 0 atom stereocenters. The first kappa shape index (κ1) is 13.9. The summed E-state index contributed by atoms with van der Waals surface area (Å²) in [5, 5.41) is 0.973. The molecule has 0 fully saturated rings. The zero-order valence-corrected chi connectivity index (χ0v) is 12.4. The average Bonchev–Trinajstić information content (AvgIpc) is 2.37. The summed E-state index contributed by atoms with van der Waals surface area (Å²) in [7, 11) is 0. The minimum atomic E-state index is 0.601. The highest BCUT2D eigenvalue weighted by atomic mass is 32.2. The highest BCUT2D eigenvalue weighted by Crippen LogP contribution is 2.33. The number of aromatic nitrogens is 2. The van der Waals surface area contributed by atoms with E-state index in [1.54, 1.807) is 18.1 Å². The van der Waals surface area contributed by atoms with Crippen molar-refractivity contribution >= 4 is 17.6 Å². The molecule has 0 saturated heterocycles. The molecule has 0 spiro atoms. The first-order valence-corrected chi connectivity index (χ1v) is 7.28. The fraction of sp³-hybridized carbons (Fsp3) is 0.333. The van der Waals surface area contributed by atoms with Gasteiger partial charge in [-0.25, -0.2) is 9.97 Å². The van der Waals surface area contributed by atoms with Crippen LogP contribution < -0.4 is 5.73 Å². The summed E-state index contributed by atoms with van der Waals surface area (Å²) in [6.45, 7) is 6.37. The molecule has 1 aromatic heterocycles. The van der Waals surface area contributed by atoms with Crippen molar-refractivity contribution in [1.29, 1.82) is 0 Å². The van der Waals surface area contributed by atoms with E-state index < -0.39 is 0 Å². The number of hydrogen-bond donors (Lipinski definition) is 1. The van der Waals surface area contributed by atoms with Crippen molar-refractivity contribution in [1.82, 2.24) is 9.97 Å². The number of aryl methyl sites for hydroxylation is 2. The third-order valence-electron chi connectivity index (χ3n) is 2.98. The molecule has 1 heterocycles. The molecular weight excluding hydrogens is 254 g/mol. The van der Waals surface area contributed by atoms with Gasteiger partial charge in [-0.05, 0) is 31.9 Å². The largest absolute Gasteiger partial charge is 0.383 e. The normalized spacial score (nSPS) is 10.7. The third-order valence-corrected chi connectivity index (χ3v) is 4.20. The summed E-state index contributed by atoms with van der Waals surface area (Å²) in [6.07, 6.45) is 3.50. The molecular formula is C15H19N3S. The van der Waals surface area contributed by atoms with Crippen LogP contribution in [0.2, 0.25) is 0 Å². The van der Waals surface area contributed by atoms with Gasteiger partial charge in [-0.1, -0.05) is 42.8 Å². The highest BCUT2D eigenvalue weighted by molar-refractivity contribution is 7.99. The smallest absolute Gasteiger partial charge is 0.131 e. The van der Waals surface area contributed by atoms with Crippen LogP contribution in [0, 0.1) is 13.8 Å². The monoisotopic (exact) mass is 273 g/mol. The Morgan fingerprint density at radius 2 is 2.00 bits per heavy atom. The second-order valence-electron chi connectivity index (χ2n) is 4.66. The number of anilines is 1. The summed E-state index contributed by atoms with van der Waals surface area (Å²) < 4.78 is 0. The van der Waals surface area contributed by atoms with E-state index in [9.17, 15) is 0 Å². The molecule has 19 heavy (non-hydrogen) atoms. The van der Waals surface area contributed by atoms with Crippen LogP contribution in [0.3, 0.4) is 0 Å². The van der Waals surface area contributed by atoms with Gasteiger partial charge in [0.2, 0.25) is 0 Å². The molecule has 0 unspecified atom stereocenters. The molecule has 2 rings (SSSR count). The predicted octanol–water partition coefficient (Wildman–Crippen LogP) is 3.78. The summed E-state index contributed by atoms with van der Waals surface area (Å²) in [6, 6.07) is 6.45. The Balaban J connectivity index is 2.35. The lowest BCUT2D eigenvalue weighted by molar-refractivity contribution is 0.861. The topological polar surface area (TPSA) is 51.8 Å². The second kappa shape index (κ2) is 6.06. The van der Waals surface area contributed by atoms with Crippen LogP contribution in [-0.2, 0) is 6.42 Å².